The highest BCUT2D eigenvalue weighted by Crippen LogP contribution is 2.22. The Labute approximate surface area is 176 Å². The third kappa shape index (κ3) is 12.0. The van der Waals surface area contributed by atoms with Crippen molar-refractivity contribution in [3.05, 3.63) is 0 Å². The van der Waals surface area contributed by atoms with Crippen molar-refractivity contribution in [2.45, 2.75) is 124 Å². The van der Waals surface area contributed by atoms with Crippen LogP contribution in [0.1, 0.15) is 124 Å². The molecule has 0 radical (unpaired) electrons. The number of amides is 1. The molecule has 1 heterocycles. The molecule has 0 saturated carbocycles. The lowest BCUT2D eigenvalue weighted by Gasteiger charge is -2.30. The lowest BCUT2D eigenvalue weighted by molar-refractivity contribution is 0.0906. The van der Waals surface area contributed by atoms with Crippen LogP contribution in [-0.4, -0.2) is 30.7 Å². The summed E-state index contributed by atoms with van der Waals surface area (Å²) in [7, 11) is 0. The maximum Gasteiger partial charge on any atom is 0.409 e. The van der Waals surface area contributed by atoms with Gasteiger partial charge in [-0.2, -0.15) is 0 Å². The summed E-state index contributed by atoms with van der Waals surface area (Å²) in [5.41, 5.74) is 0. The second-order valence-corrected chi connectivity index (χ2v) is 8.97. The van der Waals surface area contributed by atoms with Gasteiger partial charge >= 0.3 is 6.09 Å². The van der Waals surface area contributed by atoms with Gasteiger partial charge in [-0.1, -0.05) is 104 Å². The molecule has 0 N–H and O–H groups in total. The molecular weight excluding hydrogens is 346 g/mol. The summed E-state index contributed by atoms with van der Waals surface area (Å²) in [6.45, 7) is 8.71. The molecule has 28 heavy (non-hydrogen) atoms. The van der Waals surface area contributed by atoms with Crippen LogP contribution in [0.5, 0.6) is 0 Å². The summed E-state index contributed by atoms with van der Waals surface area (Å²) in [5.74, 6) is 1.23. The molecule has 0 aromatic carbocycles. The summed E-state index contributed by atoms with van der Waals surface area (Å²) in [4.78, 5) is 14.6. The minimum atomic E-state index is -0.0923. The Balaban J connectivity index is 2.66. The molecule has 0 aromatic heterocycles. The van der Waals surface area contributed by atoms with Gasteiger partial charge in [0.15, 0.2) is 0 Å². The molecule has 0 aromatic rings. The highest BCUT2D eigenvalue weighted by atomic mass is 16.6. The smallest absolute Gasteiger partial charge is 0.409 e. The Morgan fingerprint density at radius 2 is 1.04 bits per heavy atom. The molecule has 3 heteroatoms. The molecule has 1 fully saturated rings. The predicted octanol–water partition coefficient (Wildman–Crippen LogP) is 7.97. The lowest BCUT2D eigenvalue weighted by atomic mass is 9.95. The minimum absolute atomic E-state index is 0.0923. The van der Waals surface area contributed by atoms with Gasteiger partial charge in [0.1, 0.15) is 0 Å². The van der Waals surface area contributed by atoms with Gasteiger partial charge in [-0.25, -0.2) is 4.79 Å². The van der Waals surface area contributed by atoms with Gasteiger partial charge in [-0.15, -0.1) is 0 Å². The molecule has 3 nitrogen and oxygen atoms in total. The molecule has 0 aliphatic carbocycles. The van der Waals surface area contributed by atoms with Crippen LogP contribution in [0.3, 0.4) is 0 Å². The molecule has 0 bridgehead atoms. The summed E-state index contributed by atoms with van der Waals surface area (Å²) in [5, 5.41) is 0. The zero-order valence-electron chi connectivity index (χ0n) is 19.4. The molecule has 1 saturated heterocycles. The fourth-order valence-corrected chi connectivity index (χ4v) is 4.54. The van der Waals surface area contributed by atoms with E-state index in [1.807, 2.05) is 11.8 Å². The number of rotatable bonds is 3. The van der Waals surface area contributed by atoms with E-state index in [9.17, 15) is 4.79 Å². The Bertz CT molecular complexity index is 346. The van der Waals surface area contributed by atoms with E-state index in [1.165, 1.54) is 89.9 Å². The largest absolute Gasteiger partial charge is 0.450 e. The van der Waals surface area contributed by atoms with Crippen LogP contribution in [-0.2, 0) is 4.74 Å². The van der Waals surface area contributed by atoms with Gasteiger partial charge in [0.2, 0.25) is 0 Å². The van der Waals surface area contributed by atoms with Crippen LogP contribution in [0.15, 0.2) is 0 Å². The first-order chi connectivity index (χ1) is 13.7. The molecule has 1 aliphatic rings. The van der Waals surface area contributed by atoms with Gasteiger partial charge in [0.05, 0.1) is 6.61 Å². The number of carbonyl (C=O) groups excluding carboxylic acids is 1. The second-order valence-electron chi connectivity index (χ2n) is 8.97. The van der Waals surface area contributed by atoms with E-state index in [1.54, 1.807) is 0 Å². The molecular formula is C25H49NO2. The average molecular weight is 396 g/mol. The first-order valence-corrected chi connectivity index (χ1v) is 12.6. The van der Waals surface area contributed by atoms with Crippen LogP contribution in [0.25, 0.3) is 0 Å². The molecule has 2 unspecified atom stereocenters. The normalized spacial score (nSPS) is 25.3. The van der Waals surface area contributed by atoms with E-state index in [4.69, 9.17) is 4.74 Å². The molecule has 166 valence electrons. The van der Waals surface area contributed by atoms with E-state index in [0.29, 0.717) is 18.4 Å². The summed E-state index contributed by atoms with van der Waals surface area (Å²) in [6.07, 6.45) is 21.4. The zero-order valence-corrected chi connectivity index (χ0v) is 19.4. The maximum absolute atomic E-state index is 12.6. The van der Waals surface area contributed by atoms with Crippen molar-refractivity contribution in [1.29, 1.82) is 0 Å². The van der Waals surface area contributed by atoms with Crippen LogP contribution >= 0.6 is 0 Å². The van der Waals surface area contributed by atoms with Crippen molar-refractivity contribution in [3.8, 4) is 0 Å². The number of nitrogens with zero attached hydrogens (tertiary/aromatic N) is 1. The summed E-state index contributed by atoms with van der Waals surface area (Å²) < 4.78 is 5.40. The third-order valence-electron chi connectivity index (χ3n) is 6.61. The van der Waals surface area contributed by atoms with Crippen LogP contribution in [0.2, 0.25) is 0 Å². The van der Waals surface area contributed by atoms with E-state index >= 15 is 0 Å². The van der Waals surface area contributed by atoms with Crippen molar-refractivity contribution in [1.82, 2.24) is 4.90 Å². The number of carbonyl (C=O) groups is 1. The maximum atomic E-state index is 12.6. The van der Waals surface area contributed by atoms with Crippen molar-refractivity contribution >= 4 is 6.09 Å². The molecule has 1 aliphatic heterocycles. The van der Waals surface area contributed by atoms with E-state index in [0.717, 1.165) is 25.9 Å². The highest BCUT2D eigenvalue weighted by Gasteiger charge is 2.22. The SMILES string of the molecule is CCOC(=O)N1CC(CC)CCCCCCCCCCCCCCC(CC)C1. The van der Waals surface area contributed by atoms with Crippen LogP contribution in [0, 0.1) is 11.8 Å². The van der Waals surface area contributed by atoms with Gasteiger partial charge < -0.3 is 9.64 Å². The molecule has 1 amide bonds. The van der Waals surface area contributed by atoms with Crippen molar-refractivity contribution in [3.63, 3.8) is 0 Å². The summed E-state index contributed by atoms with van der Waals surface area (Å²) >= 11 is 0. The molecule has 1 rings (SSSR count). The Kier molecular flexibility index (Phi) is 15.5. The van der Waals surface area contributed by atoms with Crippen LogP contribution < -0.4 is 0 Å². The average Bonchev–Trinajstić information content (AvgIpc) is 2.70. The number of hydrogen-bond donors (Lipinski definition) is 0. The Hall–Kier alpha value is -0.730. The monoisotopic (exact) mass is 395 g/mol. The summed E-state index contributed by atoms with van der Waals surface area (Å²) in [6, 6.07) is 0. The van der Waals surface area contributed by atoms with E-state index in [-0.39, 0.29) is 6.09 Å². The minimum Gasteiger partial charge on any atom is -0.450 e. The van der Waals surface area contributed by atoms with Gasteiger partial charge in [0.25, 0.3) is 0 Å². The molecule has 0 spiro atoms. The third-order valence-corrected chi connectivity index (χ3v) is 6.61. The lowest BCUT2D eigenvalue weighted by Crippen LogP contribution is -2.39. The number of hydrogen-bond acceptors (Lipinski definition) is 2. The topological polar surface area (TPSA) is 29.5 Å². The van der Waals surface area contributed by atoms with Gasteiger partial charge in [-0.3, -0.25) is 0 Å². The Morgan fingerprint density at radius 3 is 1.36 bits per heavy atom. The highest BCUT2D eigenvalue weighted by molar-refractivity contribution is 5.67. The fourth-order valence-electron chi connectivity index (χ4n) is 4.54. The first kappa shape index (κ1) is 25.3. The van der Waals surface area contributed by atoms with E-state index in [2.05, 4.69) is 13.8 Å². The standard InChI is InChI=1S/C25H49NO2/c1-4-23-19-17-15-13-11-9-7-8-10-12-14-16-18-20-24(5-2)22-26(21-23)25(27)28-6-3/h23-24H,4-22H2,1-3H3. The zero-order chi connectivity index (χ0) is 20.5. The number of ether oxygens (including phenoxy) is 1. The Morgan fingerprint density at radius 1 is 0.679 bits per heavy atom. The second kappa shape index (κ2) is 17.2. The quantitative estimate of drug-likeness (QED) is 0.485. The molecule has 2 atom stereocenters. The first-order valence-electron chi connectivity index (χ1n) is 12.6. The van der Waals surface area contributed by atoms with Gasteiger partial charge in [-0.05, 0) is 31.6 Å². The van der Waals surface area contributed by atoms with Gasteiger partial charge in [0, 0.05) is 13.1 Å². The van der Waals surface area contributed by atoms with Crippen molar-refractivity contribution in [2.24, 2.45) is 11.8 Å². The van der Waals surface area contributed by atoms with Crippen LogP contribution in [0.4, 0.5) is 4.79 Å². The fraction of sp³-hybridized carbons (Fsp3) is 0.960. The van der Waals surface area contributed by atoms with Crippen molar-refractivity contribution in [2.75, 3.05) is 19.7 Å². The predicted molar refractivity (Wildman–Crippen MR) is 121 cm³/mol. The van der Waals surface area contributed by atoms with Crippen molar-refractivity contribution < 1.29 is 9.53 Å². The van der Waals surface area contributed by atoms with E-state index < -0.39 is 0 Å².